The molecule has 2 N–H and O–H groups in total. The zero-order valence-electron chi connectivity index (χ0n) is 14.4. The van der Waals surface area contributed by atoms with Crippen LogP contribution in [0.3, 0.4) is 0 Å². The Morgan fingerprint density at radius 3 is 2.86 bits per heavy atom. The predicted molar refractivity (Wildman–Crippen MR) is 106 cm³/mol. The van der Waals surface area contributed by atoms with Gasteiger partial charge in [-0.2, -0.15) is 5.26 Å². The van der Waals surface area contributed by atoms with Crippen molar-refractivity contribution in [1.82, 2.24) is 4.57 Å². The number of carbonyl (C=O) groups is 1. The number of aromatic nitrogens is 1. The quantitative estimate of drug-likeness (QED) is 0.681. The Bertz CT molecular complexity index is 1280. The van der Waals surface area contributed by atoms with Crippen LogP contribution >= 0.6 is 22.7 Å². The molecule has 0 radical (unpaired) electrons. The maximum absolute atomic E-state index is 13.0. The summed E-state index contributed by atoms with van der Waals surface area (Å²) < 4.78 is 12.7. The van der Waals surface area contributed by atoms with E-state index < -0.39 is 5.91 Å². The Hall–Kier alpha value is -3.35. The Kier molecular flexibility index (Phi) is 4.73. The third-order valence-corrected chi connectivity index (χ3v) is 6.02. The van der Waals surface area contributed by atoms with Gasteiger partial charge in [0.15, 0.2) is 17.1 Å². The Morgan fingerprint density at radius 1 is 1.32 bits per heavy atom. The SMILES string of the molecule is N#C/C(C(N)=O)=c1/s/c(=C\c2cccs2)c(=O)n1Cc1ccc2c(c1)OCO2. The minimum Gasteiger partial charge on any atom is -0.454 e. The number of thiazole rings is 1. The van der Waals surface area contributed by atoms with Gasteiger partial charge in [0.1, 0.15) is 10.7 Å². The number of ether oxygens (including phenoxy) is 2. The average Bonchev–Trinajstić information content (AvgIpc) is 3.40. The molecular weight excluding hydrogens is 398 g/mol. The fraction of sp³-hybridized carbons (Fsp3) is 0.105. The summed E-state index contributed by atoms with van der Waals surface area (Å²) in [6, 6.07) is 10.9. The van der Waals surface area contributed by atoms with Crippen molar-refractivity contribution in [2.45, 2.75) is 6.54 Å². The smallest absolute Gasteiger partial charge is 0.269 e. The number of amides is 1. The van der Waals surface area contributed by atoms with Gasteiger partial charge in [-0.05, 0) is 35.2 Å². The lowest BCUT2D eigenvalue weighted by Gasteiger charge is -2.05. The standard InChI is InChI=1S/C19H13N3O4S2/c20-8-13(17(21)23)19-22(9-11-3-4-14-15(6-11)26-10-25-14)18(24)16(28-19)7-12-2-1-5-27-12/h1-7H,9-10H2,(H2,21,23)/b16-7-,19-13-. The molecule has 1 amide bonds. The highest BCUT2D eigenvalue weighted by atomic mass is 32.1. The minimum absolute atomic E-state index is 0.149. The Balaban J connectivity index is 1.90. The molecule has 0 spiro atoms. The van der Waals surface area contributed by atoms with Crippen molar-refractivity contribution in [2.24, 2.45) is 5.73 Å². The van der Waals surface area contributed by atoms with Gasteiger partial charge in [-0.1, -0.05) is 12.1 Å². The molecule has 1 aromatic carbocycles. The minimum atomic E-state index is -0.870. The van der Waals surface area contributed by atoms with Gasteiger partial charge >= 0.3 is 0 Å². The number of hydrogen-bond donors (Lipinski definition) is 1. The van der Waals surface area contributed by atoms with E-state index in [9.17, 15) is 14.9 Å². The van der Waals surface area contributed by atoms with Crippen LogP contribution in [0.1, 0.15) is 10.4 Å². The molecule has 9 heteroatoms. The maximum atomic E-state index is 13.0. The van der Waals surface area contributed by atoms with E-state index in [0.29, 0.717) is 16.0 Å². The lowest BCUT2D eigenvalue weighted by Crippen LogP contribution is -2.34. The van der Waals surface area contributed by atoms with Crippen LogP contribution in [0.2, 0.25) is 0 Å². The summed E-state index contributed by atoms with van der Waals surface area (Å²) in [6.45, 7) is 0.314. The van der Waals surface area contributed by atoms with E-state index >= 15 is 0 Å². The second-order valence-electron chi connectivity index (χ2n) is 5.86. The number of nitrogens with zero attached hydrogens (tertiary/aromatic N) is 2. The molecular formula is C19H13N3O4S2. The van der Waals surface area contributed by atoms with Crippen LogP contribution in [0.5, 0.6) is 11.5 Å². The molecule has 0 unspecified atom stereocenters. The lowest BCUT2D eigenvalue weighted by atomic mass is 10.2. The van der Waals surface area contributed by atoms with E-state index in [2.05, 4.69) is 0 Å². The molecule has 28 heavy (non-hydrogen) atoms. The largest absolute Gasteiger partial charge is 0.454 e. The molecule has 0 saturated heterocycles. The van der Waals surface area contributed by atoms with Gasteiger partial charge in [-0.15, -0.1) is 22.7 Å². The predicted octanol–water partition coefficient (Wildman–Crippen LogP) is 0.737. The van der Waals surface area contributed by atoms with Gasteiger partial charge in [0.05, 0.1) is 11.1 Å². The van der Waals surface area contributed by atoms with Gasteiger partial charge in [0.2, 0.25) is 6.79 Å². The first kappa shape index (κ1) is 18.0. The summed E-state index contributed by atoms with van der Waals surface area (Å²) in [5, 5.41) is 11.3. The first-order chi connectivity index (χ1) is 13.6. The molecule has 140 valence electrons. The molecule has 0 atom stereocenters. The third-order valence-electron chi connectivity index (χ3n) is 4.07. The highest BCUT2D eigenvalue weighted by Crippen LogP contribution is 2.32. The van der Waals surface area contributed by atoms with Gasteiger partial charge in [0.25, 0.3) is 11.5 Å². The van der Waals surface area contributed by atoms with E-state index in [4.69, 9.17) is 15.2 Å². The molecule has 0 fully saturated rings. The van der Waals surface area contributed by atoms with Crippen LogP contribution in [0.15, 0.2) is 40.5 Å². The van der Waals surface area contributed by atoms with Crippen LogP contribution in [0.25, 0.3) is 11.6 Å². The second kappa shape index (κ2) is 7.34. The number of nitrogens with two attached hydrogens (primary N) is 1. The fourth-order valence-corrected chi connectivity index (χ4v) is 4.61. The van der Waals surface area contributed by atoms with Crippen molar-refractivity contribution in [1.29, 1.82) is 5.26 Å². The highest BCUT2D eigenvalue weighted by molar-refractivity contribution is 7.11. The van der Waals surface area contributed by atoms with Crippen LogP contribution in [0.4, 0.5) is 0 Å². The summed E-state index contributed by atoms with van der Waals surface area (Å²) in [7, 11) is 0. The van der Waals surface area contributed by atoms with Gasteiger partial charge < -0.3 is 15.2 Å². The van der Waals surface area contributed by atoms with Gasteiger partial charge in [0, 0.05) is 4.88 Å². The molecule has 0 bridgehead atoms. The monoisotopic (exact) mass is 411 g/mol. The Labute approximate surface area is 166 Å². The summed E-state index contributed by atoms with van der Waals surface area (Å²) >= 11 is 2.56. The fourth-order valence-electron chi connectivity index (χ4n) is 2.78. The average molecular weight is 411 g/mol. The number of primary amides is 1. The number of carbonyl (C=O) groups excluding carboxylic acids is 1. The first-order valence-electron chi connectivity index (χ1n) is 8.14. The highest BCUT2D eigenvalue weighted by Gasteiger charge is 2.16. The molecule has 1 aliphatic rings. The first-order valence-corrected chi connectivity index (χ1v) is 9.84. The van der Waals surface area contributed by atoms with Crippen molar-refractivity contribution >= 4 is 40.2 Å². The summed E-state index contributed by atoms with van der Waals surface area (Å²) in [5.41, 5.74) is 5.60. The number of hydrogen-bond acceptors (Lipinski definition) is 7. The van der Waals surface area contributed by atoms with Crippen molar-refractivity contribution < 1.29 is 14.3 Å². The lowest BCUT2D eigenvalue weighted by molar-refractivity contribution is -0.112. The van der Waals surface area contributed by atoms with Crippen molar-refractivity contribution in [3.63, 3.8) is 0 Å². The van der Waals surface area contributed by atoms with Crippen LogP contribution in [0, 0.1) is 11.3 Å². The molecule has 3 heterocycles. The number of benzene rings is 1. The zero-order chi connectivity index (χ0) is 19.7. The molecule has 3 aromatic rings. The van der Waals surface area contributed by atoms with Crippen molar-refractivity contribution in [2.75, 3.05) is 6.79 Å². The van der Waals surface area contributed by atoms with E-state index in [1.807, 2.05) is 23.6 Å². The van der Waals surface area contributed by atoms with E-state index in [0.717, 1.165) is 21.8 Å². The zero-order valence-corrected chi connectivity index (χ0v) is 16.0. The van der Waals surface area contributed by atoms with Gasteiger partial charge in [-0.25, -0.2) is 0 Å². The van der Waals surface area contributed by atoms with E-state index in [1.165, 1.54) is 15.9 Å². The molecule has 7 nitrogen and oxygen atoms in total. The van der Waals surface area contributed by atoms with E-state index in [1.54, 1.807) is 24.3 Å². The van der Waals surface area contributed by atoms with Crippen LogP contribution in [-0.4, -0.2) is 17.3 Å². The molecule has 0 aliphatic carbocycles. The van der Waals surface area contributed by atoms with Crippen LogP contribution in [-0.2, 0) is 11.3 Å². The number of thiophene rings is 1. The summed E-state index contributed by atoms with van der Waals surface area (Å²) in [4.78, 5) is 25.6. The van der Waals surface area contributed by atoms with Crippen molar-refractivity contribution in [3.8, 4) is 17.6 Å². The van der Waals surface area contributed by atoms with E-state index in [-0.39, 0.29) is 29.1 Å². The maximum Gasteiger partial charge on any atom is 0.269 e. The molecule has 2 aromatic heterocycles. The third kappa shape index (κ3) is 3.31. The molecule has 1 aliphatic heterocycles. The molecule has 0 saturated carbocycles. The van der Waals surface area contributed by atoms with Gasteiger partial charge in [-0.3, -0.25) is 14.2 Å². The molecule has 4 rings (SSSR count). The number of fused-ring (bicyclic) bond motifs is 1. The Morgan fingerprint density at radius 2 is 2.14 bits per heavy atom. The summed E-state index contributed by atoms with van der Waals surface area (Å²) in [5.74, 6) is 0.354. The van der Waals surface area contributed by atoms with Crippen LogP contribution < -0.4 is 30.0 Å². The second-order valence-corrected chi connectivity index (χ2v) is 7.87. The normalized spacial score (nSPS) is 14.0. The summed E-state index contributed by atoms with van der Waals surface area (Å²) in [6.07, 6.45) is 1.74. The van der Waals surface area contributed by atoms with Crippen molar-refractivity contribution in [3.05, 3.63) is 65.7 Å². The number of nitriles is 1. The number of rotatable bonds is 4. The topological polar surface area (TPSA) is 107 Å².